The Kier molecular flexibility index (Phi) is 4.35. The molecule has 1 heterocycles. The molecule has 3 nitrogen and oxygen atoms in total. The van der Waals surface area contributed by atoms with Crippen LogP contribution < -0.4 is 10.6 Å². The predicted octanol–water partition coefficient (Wildman–Crippen LogP) is 6.16. The molecule has 0 bridgehead atoms. The third-order valence-electron chi connectivity index (χ3n) is 5.95. The largest absolute Gasteiger partial charge is 0.507 e. The molecule has 28 heavy (non-hydrogen) atoms. The number of aromatic hydroxyl groups is 1. The lowest BCUT2D eigenvalue weighted by Gasteiger charge is -2.38. The minimum absolute atomic E-state index is 0.00969. The van der Waals surface area contributed by atoms with Crippen LogP contribution in [0.2, 0.25) is 0 Å². The fraction of sp³-hybridized carbons (Fsp3) is 0.440. The van der Waals surface area contributed by atoms with Crippen molar-refractivity contribution in [3.05, 3.63) is 64.2 Å². The van der Waals surface area contributed by atoms with Crippen molar-refractivity contribution in [1.29, 1.82) is 0 Å². The number of anilines is 1. The Morgan fingerprint density at radius 3 is 2.43 bits per heavy atom. The van der Waals surface area contributed by atoms with E-state index in [0.29, 0.717) is 5.75 Å². The summed E-state index contributed by atoms with van der Waals surface area (Å²) < 4.78 is 0. The van der Waals surface area contributed by atoms with E-state index >= 15 is 0 Å². The highest BCUT2D eigenvalue weighted by Gasteiger charge is 2.33. The van der Waals surface area contributed by atoms with Crippen LogP contribution in [0.4, 0.5) is 5.69 Å². The molecule has 0 amide bonds. The van der Waals surface area contributed by atoms with Gasteiger partial charge in [0.1, 0.15) is 11.9 Å². The molecule has 0 fully saturated rings. The summed E-state index contributed by atoms with van der Waals surface area (Å²) in [5.41, 5.74) is 6.83. The molecule has 0 saturated heterocycles. The molecule has 2 aliphatic rings. The predicted molar refractivity (Wildman–Crippen MR) is 118 cm³/mol. The van der Waals surface area contributed by atoms with E-state index in [9.17, 15) is 5.11 Å². The van der Waals surface area contributed by atoms with Crippen molar-refractivity contribution in [2.45, 2.75) is 71.0 Å². The Labute approximate surface area is 168 Å². The average Bonchev–Trinajstić information content (AvgIpc) is 2.60. The topological polar surface area (TPSA) is 44.3 Å². The molecule has 3 N–H and O–H groups in total. The third-order valence-corrected chi connectivity index (χ3v) is 5.95. The summed E-state index contributed by atoms with van der Waals surface area (Å²) in [5.74, 6) is 0.399. The van der Waals surface area contributed by atoms with Crippen LogP contribution in [0.5, 0.6) is 5.75 Å². The van der Waals surface area contributed by atoms with Crippen LogP contribution in [-0.4, -0.2) is 5.11 Å². The van der Waals surface area contributed by atoms with Gasteiger partial charge in [-0.15, -0.1) is 0 Å². The fourth-order valence-corrected chi connectivity index (χ4v) is 4.29. The molecule has 0 radical (unpaired) electrons. The lowest BCUT2D eigenvalue weighted by atomic mass is 9.78. The van der Waals surface area contributed by atoms with Gasteiger partial charge in [-0.1, -0.05) is 71.9 Å². The average molecular weight is 377 g/mol. The van der Waals surface area contributed by atoms with Crippen LogP contribution in [0.15, 0.2) is 36.4 Å². The number of phenolic OH excluding ortho intramolecular Hbond substituents is 1. The van der Waals surface area contributed by atoms with Gasteiger partial charge in [-0.25, -0.2) is 0 Å². The lowest BCUT2D eigenvalue weighted by Crippen LogP contribution is -2.38. The maximum atomic E-state index is 11.2. The van der Waals surface area contributed by atoms with E-state index in [-0.39, 0.29) is 23.0 Å². The van der Waals surface area contributed by atoms with Gasteiger partial charge in [-0.05, 0) is 51.6 Å². The highest BCUT2D eigenvalue weighted by atomic mass is 16.3. The first-order chi connectivity index (χ1) is 13.1. The van der Waals surface area contributed by atoms with Crippen molar-refractivity contribution in [2.24, 2.45) is 0 Å². The summed E-state index contributed by atoms with van der Waals surface area (Å²) in [4.78, 5) is 0. The SMILES string of the molecule is CC(C)(C)c1cc(C2Nc3cccc4c3C(CC=C4)N2)c(O)c(C(C)(C)C)c1. The molecular weight excluding hydrogens is 344 g/mol. The number of hydrogen-bond acceptors (Lipinski definition) is 3. The smallest absolute Gasteiger partial charge is 0.125 e. The van der Waals surface area contributed by atoms with E-state index in [4.69, 9.17) is 0 Å². The molecule has 2 aromatic carbocycles. The highest BCUT2D eigenvalue weighted by molar-refractivity contribution is 5.70. The van der Waals surface area contributed by atoms with Gasteiger partial charge in [0.05, 0.1) is 0 Å². The standard InChI is InChI=1S/C25H32N2O/c1-24(2,3)16-13-17(22(28)18(14-16)25(4,5)6)23-26-19-11-7-9-15-10-8-12-20(27-23)21(15)19/h7-11,13-14,20,23,26-28H,12H2,1-6H3. The van der Waals surface area contributed by atoms with Gasteiger partial charge in [-0.3, -0.25) is 5.32 Å². The minimum atomic E-state index is -0.132. The van der Waals surface area contributed by atoms with Gasteiger partial charge < -0.3 is 10.4 Å². The van der Waals surface area contributed by atoms with E-state index < -0.39 is 0 Å². The number of hydrogen-bond donors (Lipinski definition) is 3. The Hall–Kier alpha value is -2.26. The van der Waals surface area contributed by atoms with E-state index in [2.05, 4.69) is 94.7 Å². The second-order valence-electron chi connectivity index (χ2n) is 10.2. The number of nitrogens with one attached hydrogen (secondary N) is 2. The molecule has 1 aliphatic heterocycles. The van der Waals surface area contributed by atoms with Gasteiger partial charge in [0.25, 0.3) is 0 Å². The Bertz CT molecular complexity index is 944. The number of rotatable bonds is 1. The maximum absolute atomic E-state index is 11.2. The Balaban J connectivity index is 1.84. The van der Waals surface area contributed by atoms with Crippen molar-refractivity contribution >= 4 is 11.8 Å². The number of benzene rings is 2. The van der Waals surface area contributed by atoms with E-state index in [1.807, 2.05) is 0 Å². The summed E-state index contributed by atoms with van der Waals surface area (Å²) in [6.07, 6.45) is 5.28. The fourth-order valence-electron chi connectivity index (χ4n) is 4.29. The Morgan fingerprint density at radius 2 is 1.75 bits per heavy atom. The molecule has 1 aliphatic carbocycles. The molecule has 2 unspecified atom stereocenters. The molecule has 0 saturated carbocycles. The molecule has 0 spiro atoms. The second kappa shape index (κ2) is 6.38. The molecule has 0 aromatic heterocycles. The zero-order valence-corrected chi connectivity index (χ0v) is 17.9. The third kappa shape index (κ3) is 3.22. The van der Waals surface area contributed by atoms with Crippen LogP contribution in [-0.2, 0) is 10.8 Å². The monoisotopic (exact) mass is 376 g/mol. The normalized spacial score (nSPS) is 21.2. The lowest BCUT2D eigenvalue weighted by molar-refractivity contribution is 0.408. The van der Waals surface area contributed by atoms with Crippen LogP contribution in [0, 0.1) is 0 Å². The minimum Gasteiger partial charge on any atom is -0.507 e. The summed E-state index contributed by atoms with van der Waals surface area (Å²) in [6.45, 7) is 13.2. The van der Waals surface area contributed by atoms with Crippen LogP contribution in [0.25, 0.3) is 6.08 Å². The Morgan fingerprint density at radius 1 is 1.00 bits per heavy atom. The van der Waals surface area contributed by atoms with E-state index in [1.165, 1.54) is 16.7 Å². The molecule has 148 valence electrons. The first-order valence-corrected chi connectivity index (χ1v) is 10.3. The van der Waals surface area contributed by atoms with Gasteiger partial charge in [-0.2, -0.15) is 0 Å². The summed E-state index contributed by atoms with van der Waals surface area (Å²) in [6, 6.07) is 11.0. The van der Waals surface area contributed by atoms with Crippen LogP contribution in [0.1, 0.15) is 88.0 Å². The van der Waals surface area contributed by atoms with Crippen molar-refractivity contribution in [3.63, 3.8) is 0 Å². The first-order valence-electron chi connectivity index (χ1n) is 10.3. The van der Waals surface area contributed by atoms with Crippen molar-refractivity contribution < 1.29 is 5.11 Å². The van der Waals surface area contributed by atoms with Crippen molar-refractivity contribution in [3.8, 4) is 5.75 Å². The zero-order valence-electron chi connectivity index (χ0n) is 17.9. The van der Waals surface area contributed by atoms with Gasteiger partial charge in [0.2, 0.25) is 0 Å². The van der Waals surface area contributed by atoms with E-state index in [0.717, 1.165) is 23.2 Å². The maximum Gasteiger partial charge on any atom is 0.125 e. The van der Waals surface area contributed by atoms with Gasteiger partial charge >= 0.3 is 0 Å². The molecule has 2 atom stereocenters. The first kappa shape index (κ1) is 19.1. The van der Waals surface area contributed by atoms with Crippen LogP contribution >= 0.6 is 0 Å². The molecule has 3 heteroatoms. The number of phenols is 1. The summed E-state index contributed by atoms with van der Waals surface area (Å²) >= 11 is 0. The van der Waals surface area contributed by atoms with Crippen molar-refractivity contribution in [1.82, 2.24) is 5.32 Å². The highest BCUT2D eigenvalue weighted by Crippen LogP contribution is 2.44. The second-order valence-corrected chi connectivity index (χ2v) is 10.2. The summed E-state index contributed by atoms with van der Waals surface area (Å²) in [7, 11) is 0. The van der Waals surface area contributed by atoms with Gasteiger partial charge in [0, 0.05) is 17.3 Å². The quantitative estimate of drug-likeness (QED) is 0.558. The molecular formula is C25H32N2O. The molecule has 4 rings (SSSR count). The van der Waals surface area contributed by atoms with Gasteiger partial charge in [0.15, 0.2) is 0 Å². The van der Waals surface area contributed by atoms with E-state index in [1.54, 1.807) is 0 Å². The molecule has 2 aromatic rings. The zero-order chi connectivity index (χ0) is 20.3. The summed E-state index contributed by atoms with van der Waals surface area (Å²) in [5, 5.41) is 18.6. The van der Waals surface area contributed by atoms with Crippen molar-refractivity contribution in [2.75, 3.05) is 5.32 Å². The van der Waals surface area contributed by atoms with Crippen LogP contribution in [0.3, 0.4) is 0 Å².